The van der Waals surface area contributed by atoms with Gasteiger partial charge in [0.05, 0.1) is 12.2 Å². The second-order valence-corrected chi connectivity index (χ2v) is 4.27. The van der Waals surface area contributed by atoms with E-state index in [4.69, 9.17) is 4.74 Å². The van der Waals surface area contributed by atoms with Crippen LogP contribution in [0.5, 0.6) is 0 Å². The van der Waals surface area contributed by atoms with E-state index in [9.17, 15) is 0 Å². The molecule has 0 N–H and O–H groups in total. The summed E-state index contributed by atoms with van der Waals surface area (Å²) in [6.07, 6.45) is 5.94. The minimum absolute atomic E-state index is 0.326. The number of hydrogen-bond acceptors (Lipinski definition) is 3. The summed E-state index contributed by atoms with van der Waals surface area (Å²) >= 11 is 1.86. The molecule has 11 heavy (non-hydrogen) atoms. The topological polar surface area (TPSA) is 12.5 Å². The SMILES string of the molecule is CSN1CCC2(CCO2)CC1. The minimum atomic E-state index is 0.326. The fourth-order valence-corrected chi connectivity index (χ4v) is 2.41. The molecule has 0 aliphatic carbocycles. The van der Waals surface area contributed by atoms with Gasteiger partial charge in [-0.3, -0.25) is 4.31 Å². The van der Waals surface area contributed by atoms with Crippen molar-refractivity contribution in [3.8, 4) is 0 Å². The molecule has 3 heteroatoms. The first kappa shape index (κ1) is 7.90. The molecule has 0 amide bonds. The lowest BCUT2D eigenvalue weighted by Gasteiger charge is -2.47. The van der Waals surface area contributed by atoms with Gasteiger partial charge in [0.25, 0.3) is 0 Å². The zero-order valence-electron chi connectivity index (χ0n) is 7.01. The van der Waals surface area contributed by atoms with Crippen LogP contribution in [0, 0.1) is 0 Å². The van der Waals surface area contributed by atoms with E-state index in [1.165, 1.54) is 32.4 Å². The molecule has 0 aromatic carbocycles. The summed E-state index contributed by atoms with van der Waals surface area (Å²) in [5.41, 5.74) is 0.326. The maximum atomic E-state index is 5.62. The lowest BCUT2D eigenvalue weighted by Crippen LogP contribution is -2.50. The smallest absolute Gasteiger partial charge is 0.0729 e. The van der Waals surface area contributed by atoms with Crippen molar-refractivity contribution in [3.63, 3.8) is 0 Å². The Morgan fingerprint density at radius 2 is 1.91 bits per heavy atom. The number of hydrogen-bond donors (Lipinski definition) is 0. The summed E-state index contributed by atoms with van der Waals surface area (Å²) in [6, 6.07) is 0. The molecule has 2 aliphatic rings. The third-order valence-electron chi connectivity index (χ3n) is 2.86. The van der Waals surface area contributed by atoms with Crippen molar-refractivity contribution < 1.29 is 4.74 Å². The minimum Gasteiger partial charge on any atom is -0.375 e. The first-order valence-corrected chi connectivity index (χ1v) is 5.46. The van der Waals surface area contributed by atoms with Crippen LogP contribution in [-0.4, -0.2) is 35.9 Å². The van der Waals surface area contributed by atoms with Crippen LogP contribution in [0.15, 0.2) is 0 Å². The van der Waals surface area contributed by atoms with Crippen molar-refractivity contribution in [1.29, 1.82) is 0 Å². The number of nitrogens with zero attached hydrogens (tertiary/aromatic N) is 1. The molecule has 0 radical (unpaired) electrons. The Hall–Kier alpha value is 0.270. The van der Waals surface area contributed by atoms with Crippen molar-refractivity contribution in [2.45, 2.75) is 24.9 Å². The van der Waals surface area contributed by atoms with E-state index in [-0.39, 0.29) is 0 Å². The van der Waals surface area contributed by atoms with Crippen molar-refractivity contribution in [2.75, 3.05) is 26.0 Å². The van der Waals surface area contributed by atoms with E-state index in [1.807, 2.05) is 11.9 Å². The number of ether oxygens (including phenoxy) is 1. The molecule has 0 aromatic heterocycles. The Balaban J connectivity index is 1.84. The highest BCUT2D eigenvalue weighted by atomic mass is 32.2. The van der Waals surface area contributed by atoms with Crippen LogP contribution < -0.4 is 0 Å². The Bertz CT molecular complexity index is 137. The van der Waals surface area contributed by atoms with Crippen LogP contribution in [-0.2, 0) is 4.74 Å². The van der Waals surface area contributed by atoms with Crippen molar-refractivity contribution >= 4 is 11.9 Å². The van der Waals surface area contributed by atoms with Crippen LogP contribution in [0.1, 0.15) is 19.3 Å². The molecule has 0 atom stereocenters. The zero-order valence-corrected chi connectivity index (χ0v) is 7.82. The highest BCUT2D eigenvalue weighted by Gasteiger charge is 2.40. The predicted molar refractivity (Wildman–Crippen MR) is 47.6 cm³/mol. The molecule has 0 aromatic rings. The van der Waals surface area contributed by atoms with E-state index < -0.39 is 0 Å². The predicted octanol–water partition coefficient (Wildman–Crippen LogP) is 1.52. The van der Waals surface area contributed by atoms with Gasteiger partial charge in [-0.1, -0.05) is 11.9 Å². The van der Waals surface area contributed by atoms with Gasteiger partial charge in [-0.15, -0.1) is 0 Å². The van der Waals surface area contributed by atoms with Crippen LogP contribution in [0.2, 0.25) is 0 Å². The number of rotatable bonds is 1. The second-order valence-electron chi connectivity index (χ2n) is 3.39. The van der Waals surface area contributed by atoms with Crippen molar-refractivity contribution in [1.82, 2.24) is 4.31 Å². The van der Waals surface area contributed by atoms with Crippen LogP contribution >= 0.6 is 11.9 Å². The van der Waals surface area contributed by atoms with Gasteiger partial charge in [0, 0.05) is 13.1 Å². The first-order chi connectivity index (χ1) is 5.35. The Morgan fingerprint density at radius 3 is 2.27 bits per heavy atom. The lowest BCUT2D eigenvalue weighted by molar-refractivity contribution is -0.166. The normalized spacial score (nSPS) is 30.3. The summed E-state index contributed by atoms with van der Waals surface area (Å²) in [6.45, 7) is 3.42. The van der Waals surface area contributed by atoms with Gasteiger partial charge in [0.1, 0.15) is 0 Å². The molecule has 2 aliphatic heterocycles. The van der Waals surface area contributed by atoms with E-state index in [0.29, 0.717) is 5.60 Å². The monoisotopic (exact) mass is 173 g/mol. The molecule has 1 spiro atoms. The Labute approximate surface area is 72.4 Å². The molecule has 2 saturated heterocycles. The Kier molecular flexibility index (Phi) is 2.12. The summed E-state index contributed by atoms with van der Waals surface area (Å²) < 4.78 is 8.04. The number of piperidine rings is 1. The molecule has 2 nitrogen and oxygen atoms in total. The average Bonchev–Trinajstić information content (AvgIpc) is 2.02. The van der Waals surface area contributed by atoms with Gasteiger partial charge in [-0.2, -0.15) is 0 Å². The largest absolute Gasteiger partial charge is 0.375 e. The molecular formula is C8H15NOS. The zero-order chi connectivity index (χ0) is 7.73. The fourth-order valence-electron chi connectivity index (χ4n) is 1.86. The van der Waals surface area contributed by atoms with E-state index >= 15 is 0 Å². The van der Waals surface area contributed by atoms with Gasteiger partial charge >= 0.3 is 0 Å². The highest BCUT2D eigenvalue weighted by molar-refractivity contribution is 7.96. The molecule has 64 valence electrons. The van der Waals surface area contributed by atoms with Gasteiger partial charge < -0.3 is 4.74 Å². The third kappa shape index (κ3) is 1.42. The lowest BCUT2D eigenvalue weighted by atomic mass is 9.85. The quantitative estimate of drug-likeness (QED) is 0.558. The summed E-state index contributed by atoms with van der Waals surface area (Å²) in [5, 5.41) is 0. The molecule has 0 bridgehead atoms. The van der Waals surface area contributed by atoms with Gasteiger partial charge in [0.2, 0.25) is 0 Å². The van der Waals surface area contributed by atoms with E-state index in [2.05, 4.69) is 10.6 Å². The van der Waals surface area contributed by atoms with Gasteiger partial charge in [-0.05, 0) is 25.5 Å². The van der Waals surface area contributed by atoms with Gasteiger partial charge in [0.15, 0.2) is 0 Å². The van der Waals surface area contributed by atoms with Crippen LogP contribution in [0.25, 0.3) is 0 Å². The maximum Gasteiger partial charge on any atom is 0.0729 e. The third-order valence-corrected chi connectivity index (χ3v) is 3.74. The van der Waals surface area contributed by atoms with Crippen LogP contribution in [0.4, 0.5) is 0 Å². The first-order valence-electron chi connectivity index (χ1n) is 4.28. The molecule has 2 rings (SSSR count). The second kappa shape index (κ2) is 2.96. The Morgan fingerprint density at radius 1 is 1.27 bits per heavy atom. The molecule has 2 heterocycles. The van der Waals surface area contributed by atoms with Crippen molar-refractivity contribution in [3.05, 3.63) is 0 Å². The molecule has 2 fully saturated rings. The van der Waals surface area contributed by atoms with E-state index in [1.54, 1.807) is 0 Å². The highest BCUT2D eigenvalue weighted by Crippen LogP contribution is 2.37. The van der Waals surface area contributed by atoms with Gasteiger partial charge in [-0.25, -0.2) is 0 Å². The molecule has 0 unspecified atom stereocenters. The van der Waals surface area contributed by atoms with Crippen LogP contribution in [0.3, 0.4) is 0 Å². The summed E-state index contributed by atoms with van der Waals surface area (Å²) in [7, 11) is 0. The standard InChI is InChI=1S/C8H15NOS/c1-11-9-5-2-8(3-6-9)4-7-10-8/h2-7H2,1H3. The summed E-state index contributed by atoms with van der Waals surface area (Å²) in [5.74, 6) is 0. The molecule has 0 saturated carbocycles. The van der Waals surface area contributed by atoms with E-state index in [0.717, 1.165) is 6.61 Å². The summed E-state index contributed by atoms with van der Waals surface area (Å²) in [4.78, 5) is 0. The van der Waals surface area contributed by atoms with Crippen molar-refractivity contribution in [2.24, 2.45) is 0 Å². The maximum absolute atomic E-state index is 5.62. The average molecular weight is 173 g/mol. The molecular weight excluding hydrogens is 158 g/mol. The fraction of sp³-hybridized carbons (Fsp3) is 1.00.